The summed E-state index contributed by atoms with van der Waals surface area (Å²) in [6.45, 7) is 0.195. The standard InChI is InChI=1S/C10H13N3O3S/c11-9-13-6(4-17-9)3-7(14)12-5-10(1-2-10)8(15)16/h4H,1-3,5H2,(H2,11,13)(H,12,14)(H,15,16). The highest BCUT2D eigenvalue weighted by molar-refractivity contribution is 7.13. The van der Waals surface area contributed by atoms with Crippen molar-refractivity contribution in [2.45, 2.75) is 19.3 Å². The number of hydrogen-bond donors (Lipinski definition) is 3. The lowest BCUT2D eigenvalue weighted by molar-refractivity contribution is -0.143. The summed E-state index contributed by atoms with van der Waals surface area (Å²) in [6.07, 6.45) is 1.40. The van der Waals surface area contributed by atoms with Crippen molar-refractivity contribution in [3.8, 4) is 0 Å². The summed E-state index contributed by atoms with van der Waals surface area (Å²) in [5, 5.41) is 13.7. The van der Waals surface area contributed by atoms with E-state index in [0.717, 1.165) is 0 Å². The van der Waals surface area contributed by atoms with Gasteiger partial charge in [-0.25, -0.2) is 4.98 Å². The van der Waals surface area contributed by atoms with E-state index in [-0.39, 0.29) is 18.9 Å². The van der Waals surface area contributed by atoms with Crippen LogP contribution < -0.4 is 11.1 Å². The van der Waals surface area contributed by atoms with Gasteiger partial charge < -0.3 is 16.2 Å². The smallest absolute Gasteiger partial charge is 0.311 e. The fraction of sp³-hybridized carbons (Fsp3) is 0.500. The van der Waals surface area contributed by atoms with Crippen LogP contribution in [0.4, 0.5) is 5.13 Å². The number of carboxylic acid groups (broad SMARTS) is 1. The molecule has 1 aliphatic carbocycles. The molecule has 1 amide bonds. The quantitative estimate of drug-likeness (QED) is 0.699. The average Bonchev–Trinajstić information content (AvgIpc) is 2.96. The van der Waals surface area contributed by atoms with E-state index in [2.05, 4.69) is 10.3 Å². The number of carboxylic acids is 1. The van der Waals surface area contributed by atoms with Gasteiger partial charge in [-0.1, -0.05) is 0 Å². The normalized spacial score (nSPS) is 16.5. The van der Waals surface area contributed by atoms with Crippen molar-refractivity contribution in [2.24, 2.45) is 5.41 Å². The summed E-state index contributed by atoms with van der Waals surface area (Å²) in [5.74, 6) is -1.06. The number of aliphatic carboxylic acids is 1. The number of amides is 1. The Morgan fingerprint density at radius 3 is 2.76 bits per heavy atom. The Labute approximate surface area is 102 Å². The van der Waals surface area contributed by atoms with E-state index in [1.54, 1.807) is 5.38 Å². The highest BCUT2D eigenvalue weighted by atomic mass is 32.1. The largest absolute Gasteiger partial charge is 0.481 e. The maximum atomic E-state index is 11.5. The van der Waals surface area contributed by atoms with E-state index in [1.807, 2.05) is 0 Å². The number of carbonyl (C=O) groups excluding carboxylic acids is 1. The Morgan fingerprint density at radius 2 is 2.29 bits per heavy atom. The second kappa shape index (κ2) is 4.33. The molecule has 1 aromatic heterocycles. The molecule has 1 fully saturated rings. The third kappa shape index (κ3) is 2.73. The molecule has 0 aliphatic heterocycles. The summed E-state index contributed by atoms with van der Waals surface area (Å²) in [5.41, 5.74) is 5.34. The number of rotatable bonds is 5. The number of nitrogen functional groups attached to an aromatic ring is 1. The van der Waals surface area contributed by atoms with E-state index in [9.17, 15) is 9.59 Å². The van der Waals surface area contributed by atoms with Gasteiger partial charge in [-0.05, 0) is 12.8 Å². The molecule has 92 valence electrons. The van der Waals surface area contributed by atoms with Gasteiger partial charge in [0.25, 0.3) is 0 Å². The molecule has 4 N–H and O–H groups in total. The maximum absolute atomic E-state index is 11.5. The Hall–Kier alpha value is -1.63. The summed E-state index contributed by atoms with van der Waals surface area (Å²) < 4.78 is 0. The van der Waals surface area contributed by atoms with Crippen molar-refractivity contribution in [3.63, 3.8) is 0 Å². The number of nitrogens with two attached hydrogens (primary N) is 1. The second-order valence-corrected chi connectivity index (χ2v) is 5.11. The van der Waals surface area contributed by atoms with Crippen LogP contribution in [-0.4, -0.2) is 28.5 Å². The van der Waals surface area contributed by atoms with Crippen LogP contribution >= 0.6 is 11.3 Å². The van der Waals surface area contributed by atoms with Gasteiger partial charge in [0.1, 0.15) is 0 Å². The Balaban J connectivity index is 1.80. The van der Waals surface area contributed by atoms with Crippen molar-refractivity contribution in [2.75, 3.05) is 12.3 Å². The lowest BCUT2D eigenvalue weighted by Crippen LogP contribution is -2.35. The molecular weight excluding hydrogens is 242 g/mol. The first-order valence-electron chi connectivity index (χ1n) is 5.22. The van der Waals surface area contributed by atoms with Crippen molar-refractivity contribution in [3.05, 3.63) is 11.1 Å². The molecule has 0 radical (unpaired) electrons. The van der Waals surface area contributed by atoms with Gasteiger partial charge in [0.2, 0.25) is 5.91 Å². The predicted octanol–water partition coefficient (Wildman–Crippen LogP) is 0.249. The Morgan fingerprint density at radius 1 is 1.59 bits per heavy atom. The number of thiazole rings is 1. The Bertz CT molecular complexity index is 453. The summed E-state index contributed by atoms with van der Waals surface area (Å²) in [4.78, 5) is 26.4. The molecule has 0 saturated heterocycles. The summed E-state index contributed by atoms with van der Waals surface area (Å²) >= 11 is 1.28. The lowest BCUT2D eigenvalue weighted by Gasteiger charge is -2.10. The first kappa shape index (κ1) is 11.8. The first-order valence-corrected chi connectivity index (χ1v) is 6.10. The third-order valence-corrected chi connectivity index (χ3v) is 3.57. The SMILES string of the molecule is Nc1nc(CC(=O)NCC2(C(=O)O)CC2)cs1. The average molecular weight is 255 g/mol. The van der Waals surface area contributed by atoms with E-state index in [4.69, 9.17) is 10.8 Å². The number of aromatic nitrogens is 1. The molecule has 1 heterocycles. The Kier molecular flexibility index (Phi) is 3.01. The number of anilines is 1. The molecule has 0 atom stereocenters. The molecule has 1 aliphatic rings. The monoisotopic (exact) mass is 255 g/mol. The number of nitrogens with one attached hydrogen (secondary N) is 1. The summed E-state index contributed by atoms with van der Waals surface area (Å²) in [6, 6.07) is 0. The number of hydrogen-bond acceptors (Lipinski definition) is 5. The molecule has 0 bridgehead atoms. The van der Waals surface area contributed by atoms with Crippen LogP contribution in [0.25, 0.3) is 0 Å². The van der Waals surface area contributed by atoms with Gasteiger partial charge in [0, 0.05) is 11.9 Å². The second-order valence-electron chi connectivity index (χ2n) is 4.22. The lowest BCUT2D eigenvalue weighted by atomic mass is 10.1. The molecule has 1 aromatic rings. The zero-order chi connectivity index (χ0) is 12.5. The molecule has 1 saturated carbocycles. The van der Waals surface area contributed by atoms with Crippen LogP contribution in [0.15, 0.2) is 5.38 Å². The van der Waals surface area contributed by atoms with Crippen LogP contribution in [0.5, 0.6) is 0 Å². The fourth-order valence-corrected chi connectivity index (χ4v) is 2.08. The van der Waals surface area contributed by atoms with Gasteiger partial charge in [0.15, 0.2) is 5.13 Å². The van der Waals surface area contributed by atoms with E-state index >= 15 is 0 Å². The van der Waals surface area contributed by atoms with Crippen LogP contribution in [0, 0.1) is 5.41 Å². The predicted molar refractivity (Wildman–Crippen MR) is 62.5 cm³/mol. The number of nitrogens with zero attached hydrogens (tertiary/aromatic N) is 1. The van der Waals surface area contributed by atoms with Gasteiger partial charge in [-0.15, -0.1) is 11.3 Å². The minimum absolute atomic E-state index is 0.142. The first-order chi connectivity index (χ1) is 8.02. The van der Waals surface area contributed by atoms with Crippen molar-refractivity contribution >= 4 is 28.3 Å². The molecule has 17 heavy (non-hydrogen) atoms. The zero-order valence-electron chi connectivity index (χ0n) is 9.10. The molecule has 6 nitrogen and oxygen atoms in total. The van der Waals surface area contributed by atoms with Crippen LogP contribution in [0.2, 0.25) is 0 Å². The van der Waals surface area contributed by atoms with Gasteiger partial charge in [-0.2, -0.15) is 0 Å². The van der Waals surface area contributed by atoms with Crippen LogP contribution in [-0.2, 0) is 16.0 Å². The van der Waals surface area contributed by atoms with Gasteiger partial charge in [0.05, 0.1) is 17.5 Å². The molecule has 2 rings (SSSR count). The topological polar surface area (TPSA) is 105 Å². The summed E-state index contributed by atoms with van der Waals surface area (Å²) in [7, 11) is 0. The highest BCUT2D eigenvalue weighted by Gasteiger charge is 2.50. The molecular formula is C10H13N3O3S. The highest BCUT2D eigenvalue weighted by Crippen LogP contribution is 2.45. The molecule has 0 spiro atoms. The van der Waals surface area contributed by atoms with Crippen LogP contribution in [0.3, 0.4) is 0 Å². The fourth-order valence-electron chi connectivity index (χ4n) is 1.52. The molecule has 7 heteroatoms. The molecule has 0 aromatic carbocycles. The van der Waals surface area contributed by atoms with Crippen molar-refractivity contribution in [1.82, 2.24) is 10.3 Å². The number of carbonyl (C=O) groups is 2. The van der Waals surface area contributed by atoms with Crippen molar-refractivity contribution in [1.29, 1.82) is 0 Å². The van der Waals surface area contributed by atoms with E-state index in [0.29, 0.717) is 23.7 Å². The molecule has 0 unspecified atom stereocenters. The van der Waals surface area contributed by atoms with E-state index < -0.39 is 11.4 Å². The van der Waals surface area contributed by atoms with Gasteiger partial charge in [-0.3, -0.25) is 9.59 Å². The minimum atomic E-state index is -0.837. The van der Waals surface area contributed by atoms with Crippen LogP contribution in [0.1, 0.15) is 18.5 Å². The third-order valence-electron chi connectivity index (χ3n) is 2.84. The van der Waals surface area contributed by atoms with Gasteiger partial charge >= 0.3 is 5.97 Å². The zero-order valence-corrected chi connectivity index (χ0v) is 9.92. The van der Waals surface area contributed by atoms with Crippen molar-refractivity contribution < 1.29 is 14.7 Å². The van der Waals surface area contributed by atoms with E-state index in [1.165, 1.54) is 11.3 Å². The minimum Gasteiger partial charge on any atom is -0.481 e. The maximum Gasteiger partial charge on any atom is 0.311 e.